The number of esters is 1. The molecule has 0 aliphatic heterocycles. The fraction of sp³-hybridized carbons (Fsp3) is 0.0323. The molecule has 0 spiro atoms. The molecule has 5 aromatic rings. The van der Waals surface area contributed by atoms with E-state index in [0.29, 0.717) is 22.2 Å². The van der Waals surface area contributed by atoms with Crippen molar-refractivity contribution in [2.24, 2.45) is 0 Å². The number of ketones is 1. The van der Waals surface area contributed by atoms with E-state index < -0.39 is 30.1 Å². The number of nitrogens with zero attached hydrogens (tertiary/aromatic N) is 1. The summed E-state index contributed by atoms with van der Waals surface area (Å²) in [7, 11) is 0. The van der Waals surface area contributed by atoms with Crippen LogP contribution in [0.5, 0.6) is 0 Å². The number of rotatable bonds is 7. The fourth-order valence-electron chi connectivity index (χ4n) is 4.05. The molecule has 1 heterocycles. The molecule has 5 rings (SSSR count). The van der Waals surface area contributed by atoms with Crippen LogP contribution in [0, 0.1) is 5.82 Å². The molecular formula is C31H21FN2O4. The predicted octanol–water partition coefficient (Wildman–Crippen LogP) is 6.33. The fourth-order valence-corrected chi connectivity index (χ4v) is 4.05. The highest BCUT2D eigenvalue weighted by Crippen LogP contribution is 2.26. The molecule has 0 unspecified atom stereocenters. The van der Waals surface area contributed by atoms with Crippen molar-refractivity contribution < 1.29 is 23.5 Å². The van der Waals surface area contributed by atoms with Crippen molar-refractivity contribution in [3.8, 4) is 11.3 Å². The van der Waals surface area contributed by atoms with Crippen LogP contribution >= 0.6 is 0 Å². The molecule has 0 saturated carbocycles. The third-order valence-corrected chi connectivity index (χ3v) is 5.93. The van der Waals surface area contributed by atoms with Crippen LogP contribution in [0.25, 0.3) is 22.2 Å². The number of Topliss-reactive ketones (excluding diaryl/α,β-unsaturated/α-hetero) is 1. The number of benzene rings is 4. The van der Waals surface area contributed by atoms with Crippen LogP contribution in [0.15, 0.2) is 109 Å². The zero-order valence-electron chi connectivity index (χ0n) is 20.1. The van der Waals surface area contributed by atoms with Crippen LogP contribution < -0.4 is 5.32 Å². The second-order valence-electron chi connectivity index (χ2n) is 8.42. The van der Waals surface area contributed by atoms with Crippen molar-refractivity contribution in [3.05, 3.63) is 132 Å². The Morgan fingerprint density at radius 3 is 2.18 bits per heavy atom. The van der Waals surface area contributed by atoms with Gasteiger partial charge in [-0.3, -0.25) is 9.59 Å². The maximum atomic E-state index is 13.9. The van der Waals surface area contributed by atoms with E-state index in [-0.39, 0.29) is 16.8 Å². The van der Waals surface area contributed by atoms with E-state index >= 15 is 0 Å². The Hall–Kier alpha value is -5.17. The van der Waals surface area contributed by atoms with Crippen molar-refractivity contribution >= 4 is 34.3 Å². The first-order valence-electron chi connectivity index (χ1n) is 11.8. The molecule has 6 nitrogen and oxygen atoms in total. The van der Waals surface area contributed by atoms with Crippen LogP contribution in [0.2, 0.25) is 0 Å². The second-order valence-corrected chi connectivity index (χ2v) is 8.42. The Bertz CT molecular complexity index is 1670. The first kappa shape index (κ1) is 24.5. The summed E-state index contributed by atoms with van der Waals surface area (Å²) in [6.07, 6.45) is 0. The van der Waals surface area contributed by atoms with Crippen molar-refractivity contribution in [2.45, 2.75) is 0 Å². The highest BCUT2D eigenvalue weighted by Gasteiger charge is 2.20. The minimum atomic E-state index is -0.824. The third kappa shape index (κ3) is 5.17. The van der Waals surface area contributed by atoms with Crippen molar-refractivity contribution in [1.82, 2.24) is 4.98 Å². The van der Waals surface area contributed by atoms with E-state index in [1.54, 1.807) is 30.3 Å². The van der Waals surface area contributed by atoms with E-state index in [0.717, 1.165) is 11.6 Å². The predicted molar refractivity (Wildman–Crippen MR) is 143 cm³/mol. The summed E-state index contributed by atoms with van der Waals surface area (Å²) in [5, 5.41) is 3.45. The summed E-state index contributed by atoms with van der Waals surface area (Å²) in [5.41, 5.74) is 2.63. The lowest BCUT2D eigenvalue weighted by molar-refractivity contribution is 0.0474. The summed E-state index contributed by atoms with van der Waals surface area (Å²) in [5.74, 6) is -2.63. The van der Waals surface area contributed by atoms with Gasteiger partial charge >= 0.3 is 5.97 Å². The molecular weight excluding hydrogens is 483 g/mol. The highest BCUT2D eigenvalue weighted by molar-refractivity contribution is 6.14. The van der Waals surface area contributed by atoms with Crippen molar-refractivity contribution in [3.63, 3.8) is 0 Å². The van der Waals surface area contributed by atoms with E-state index in [1.807, 2.05) is 48.5 Å². The van der Waals surface area contributed by atoms with Crippen LogP contribution in [-0.4, -0.2) is 29.3 Å². The molecule has 4 aromatic carbocycles. The first-order chi connectivity index (χ1) is 18.5. The maximum absolute atomic E-state index is 13.9. The minimum Gasteiger partial charge on any atom is -0.454 e. The van der Waals surface area contributed by atoms with E-state index in [1.165, 1.54) is 24.3 Å². The molecule has 7 heteroatoms. The van der Waals surface area contributed by atoms with Gasteiger partial charge in [0.1, 0.15) is 5.82 Å². The van der Waals surface area contributed by atoms with Gasteiger partial charge in [0.2, 0.25) is 5.78 Å². The highest BCUT2D eigenvalue weighted by atomic mass is 19.1. The Labute approximate surface area is 217 Å². The number of carbonyl (C=O) groups excluding carboxylic acids is 3. The van der Waals surface area contributed by atoms with Crippen LogP contribution in [0.4, 0.5) is 10.1 Å². The number of aromatic nitrogens is 1. The number of pyridine rings is 1. The van der Waals surface area contributed by atoms with Gasteiger partial charge < -0.3 is 10.1 Å². The number of carbonyl (C=O) groups is 3. The number of para-hydroxylation sites is 2. The normalized spacial score (nSPS) is 10.7. The Morgan fingerprint density at radius 2 is 1.39 bits per heavy atom. The number of ether oxygens (including phenoxy) is 1. The number of hydrogen-bond acceptors (Lipinski definition) is 5. The number of halogens is 1. The van der Waals surface area contributed by atoms with Crippen molar-refractivity contribution in [2.75, 3.05) is 11.9 Å². The molecule has 0 bridgehead atoms. The Balaban J connectivity index is 1.40. The number of fused-ring (bicyclic) bond motifs is 1. The maximum Gasteiger partial charge on any atom is 0.340 e. The zero-order valence-corrected chi connectivity index (χ0v) is 20.1. The number of hydrogen-bond donors (Lipinski definition) is 1. The summed E-state index contributed by atoms with van der Waals surface area (Å²) in [4.78, 5) is 43.3. The minimum absolute atomic E-state index is 0.0591. The molecule has 0 radical (unpaired) electrons. The van der Waals surface area contributed by atoms with Gasteiger partial charge in [-0.25, -0.2) is 14.2 Å². The van der Waals surface area contributed by atoms with E-state index in [2.05, 4.69) is 5.32 Å². The lowest BCUT2D eigenvalue weighted by Crippen LogP contribution is -2.19. The molecule has 0 fully saturated rings. The zero-order chi connectivity index (χ0) is 26.5. The number of amides is 1. The molecule has 0 aliphatic carbocycles. The first-order valence-corrected chi connectivity index (χ1v) is 11.8. The average Bonchev–Trinajstić information content (AvgIpc) is 2.96. The van der Waals surface area contributed by atoms with Gasteiger partial charge in [-0.2, -0.15) is 0 Å². The van der Waals surface area contributed by atoms with E-state index in [9.17, 15) is 18.8 Å². The quantitative estimate of drug-likeness (QED) is 0.207. The molecule has 0 atom stereocenters. The van der Waals surface area contributed by atoms with Gasteiger partial charge in [0.25, 0.3) is 5.91 Å². The lowest BCUT2D eigenvalue weighted by Gasteiger charge is -2.13. The Kier molecular flexibility index (Phi) is 6.99. The second kappa shape index (κ2) is 10.8. The van der Waals surface area contributed by atoms with Gasteiger partial charge in [0.05, 0.1) is 33.6 Å². The van der Waals surface area contributed by atoms with Gasteiger partial charge in [-0.15, -0.1) is 0 Å². The topological polar surface area (TPSA) is 85.4 Å². The molecule has 0 aliphatic rings. The number of anilines is 1. The molecule has 1 aromatic heterocycles. The van der Waals surface area contributed by atoms with Gasteiger partial charge in [-0.1, -0.05) is 72.8 Å². The summed E-state index contributed by atoms with van der Waals surface area (Å²) < 4.78 is 19.0. The number of nitrogens with one attached hydrogen (secondary N) is 1. The summed E-state index contributed by atoms with van der Waals surface area (Å²) in [6.45, 7) is -0.641. The van der Waals surface area contributed by atoms with Gasteiger partial charge in [0.15, 0.2) is 6.61 Å². The van der Waals surface area contributed by atoms with Crippen molar-refractivity contribution in [1.29, 1.82) is 0 Å². The molecule has 186 valence electrons. The smallest absolute Gasteiger partial charge is 0.340 e. The van der Waals surface area contributed by atoms with Gasteiger partial charge in [-0.05, 0) is 36.4 Å². The summed E-state index contributed by atoms with van der Waals surface area (Å²) in [6, 6.07) is 30.3. The van der Waals surface area contributed by atoms with Crippen LogP contribution in [-0.2, 0) is 4.74 Å². The van der Waals surface area contributed by atoms with Crippen LogP contribution in [0.3, 0.4) is 0 Å². The molecule has 1 N–H and O–H groups in total. The molecule has 38 heavy (non-hydrogen) atoms. The average molecular weight is 505 g/mol. The van der Waals surface area contributed by atoms with Crippen LogP contribution in [0.1, 0.15) is 31.1 Å². The largest absolute Gasteiger partial charge is 0.454 e. The third-order valence-electron chi connectivity index (χ3n) is 5.93. The monoisotopic (exact) mass is 504 g/mol. The summed E-state index contributed by atoms with van der Waals surface area (Å²) >= 11 is 0. The molecule has 1 amide bonds. The standard InChI is InChI=1S/C31H21FN2O4/c32-25-15-7-4-13-22(25)29(35)19-38-31(37)23-14-6-9-17-27(23)34-30(36)24-18-28(20-10-2-1-3-11-20)33-26-16-8-5-12-21(24)26/h1-18H,19H2,(H,34,36). The SMILES string of the molecule is O=C(COC(=O)c1ccccc1NC(=O)c1cc(-c2ccccc2)nc2ccccc12)c1ccccc1F. The van der Waals surface area contributed by atoms with E-state index in [4.69, 9.17) is 9.72 Å². The van der Waals surface area contributed by atoms with Gasteiger partial charge in [0, 0.05) is 10.9 Å². The lowest BCUT2D eigenvalue weighted by atomic mass is 10.0. The Morgan fingerprint density at radius 1 is 0.737 bits per heavy atom. The molecule has 0 saturated heterocycles.